The molecule has 24 heavy (non-hydrogen) atoms. The molecular weight excluding hydrogens is 326 g/mol. The van der Waals surface area contributed by atoms with Gasteiger partial charge in [-0.25, -0.2) is 0 Å². The van der Waals surface area contributed by atoms with Gasteiger partial charge in [0, 0.05) is 13.5 Å². The van der Waals surface area contributed by atoms with Gasteiger partial charge >= 0.3 is 0 Å². The molecule has 0 bridgehead atoms. The van der Waals surface area contributed by atoms with Crippen molar-refractivity contribution in [3.8, 4) is 16.9 Å². The van der Waals surface area contributed by atoms with Gasteiger partial charge in [0.1, 0.15) is 11.9 Å². The van der Waals surface area contributed by atoms with Crippen molar-refractivity contribution in [2.24, 2.45) is 0 Å². The van der Waals surface area contributed by atoms with Crippen molar-refractivity contribution in [1.29, 1.82) is 0 Å². The third kappa shape index (κ3) is 2.13. The lowest BCUT2D eigenvalue weighted by Gasteiger charge is -2.09. The number of hydrogen-bond donors (Lipinski definition) is 0. The van der Waals surface area contributed by atoms with Gasteiger partial charge in [-0.3, -0.25) is 14.5 Å². The molecule has 4 nitrogen and oxygen atoms in total. The molecular formula is C19H16ClNO3. The minimum Gasteiger partial charge on any atom is -0.488 e. The van der Waals surface area contributed by atoms with E-state index in [2.05, 4.69) is 13.0 Å². The van der Waals surface area contributed by atoms with E-state index in [1.807, 2.05) is 12.1 Å². The predicted molar refractivity (Wildman–Crippen MR) is 91.7 cm³/mol. The summed E-state index contributed by atoms with van der Waals surface area (Å²) in [6.45, 7) is 2.09. The standard InChI is InChI=1S/C19H16ClNO3/c1-3-13-7-12-6-11(9-16(20)17(12)24-13)10-4-5-14-15(8-10)19(23)21(2)18(14)22/h4-6,8-9,13H,3,7H2,1-2H3. The first-order valence-corrected chi connectivity index (χ1v) is 8.33. The Labute approximate surface area is 145 Å². The first kappa shape index (κ1) is 15.2. The monoisotopic (exact) mass is 341 g/mol. The number of hydrogen-bond acceptors (Lipinski definition) is 3. The van der Waals surface area contributed by atoms with Gasteiger partial charge in [0.2, 0.25) is 0 Å². The van der Waals surface area contributed by atoms with Gasteiger partial charge < -0.3 is 4.74 Å². The van der Waals surface area contributed by atoms with Crippen molar-refractivity contribution < 1.29 is 14.3 Å². The van der Waals surface area contributed by atoms with Crippen LogP contribution in [0.2, 0.25) is 5.02 Å². The maximum Gasteiger partial charge on any atom is 0.261 e. The molecule has 2 aromatic carbocycles. The van der Waals surface area contributed by atoms with Gasteiger partial charge in [-0.15, -0.1) is 0 Å². The van der Waals surface area contributed by atoms with Crippen LogP contribution in [0.1, 0.15) is 39.6 Å². The van der Waals surface area contributed by atoms with E-state index in [4.69, 9.17) is 16.3 Å². The van der Waals surface area contributed by atoms with E-state index in [1.54, 1.807) is 12.1 Å². The molecule has 0 N–H and O–H groups in total. The summed E-state index contributed by atoms with van der Waals surface area (Å²) in [6.07, 6.45) is 1.94. The van der Waals surface area contributed by atoms with Crippen molar-refractivity contribution in [1.82, 2.24) is 4.90 Å². The maximum absolute atomic E-state index is 12.2. The highest BCUT2D eigenvalue weighted by Gasteiger charge is 2.33. The van der Waals surface area contributed by atoms with Gasteiger partial charge in [0.15, 0.2) is 0 Å². The normalized spacial score (nSPS) is 18.6. The molecule has 2 aliphatic rings. The first-order chi connectivity index (χ1) is 11.5. The lowest BCUT2D eigenvalue weighted by Crippen LogP contribution is -2.24. The second kappa shape index (κ2) is 5.35. The summed E-state index contributed by atoms with van der Waals surface area (Å²) < 4.78 is 5.86. The number of halogens is 1. The molecule has 0 aliphatic carbocycles. The van der Waals surface area contributed by atoms with E-state index in [1.165, 1.54) is 7.05 Å². The molecule has 2 amide bonds. The fraction of sp³-hybridized carbons (Fsp3) is 0.263. The Morgan fingerprint density at radius 1 is 1.12 bits per heavy atom. The fourth-order valence-electron chi connectivity index (χ4n) is 3.32. The van der Waals surface area contributed by atoms with E-state index < -0.39 is 0 Å². The summed E-state index contributed by atoms with van der Waals surface area (Å²) in [4.78, 5) is 25.3. The predicted octanol–water partition coefficient (Wildman–Crippen LogP) is 3.95. The van der Waals surface area contributed by atoms with Gasteiger partial charge in [-0.05, 0) is 47.4 Å². The van der Waals surface area contributed by atoms with Crippen molar-refractivity contribution >= 4 is 23.4 Å². The van der Waals surface area contributed by atoms with Gasteiger partial charge in [-0.1, -0.05) is 24.6 Å². The SMILES string of the molecule is CCC1Cc2cc(-c3ccc4c(c3)C(=O)N(C)C4=O)cc(Cl)c2O1. The Hall–Kier alpha value is -2.33. The van der Waals surface area contributed by atoms with Crippen molar-refractivity contribution in [2.45, 2.75) is 25.9 Å². The summed E-state index contributed by atoms with van der Waals surface area (Å²) in [6, 6.07) is 9.24. The summed E-state index contributed by atoms with van der Waals surface area (Å²) >= 11 is 6.38. The van der Waals surface area contributed by atoms with Crippen LogP contribution in [0.3, 0.4) is 0 Å². The zero-order valence-corrected chi connectivity index (χ0v) is 14.2. The lowest BCUT2D eigenvalue weighted by atomic mass is 9.97. The number of benzene rings is 2. The summed E-state index contributed by atoms with van der Waals surface area (Å²) in [5.74, 6) is 0.241. The number of rotatable bonds is 2. The van der Waals surface area contributed by atoms with E-state index in [0.717, 1.165) is 40.2 Å². The highest BCUT2D eigenvalue weighted by Crippen LogP contribution is 2.40. The molecule has 0 radical (unpaired) electrons. The first-order valence-electron chi connectivity index (χ1n) is 7.95. The topological polar surface area (TPSA) is 46.6 Å². The summed E-state index contributed by atoms with van der Waals surface area (Å²) in [5.41, 5.74) is 3.78. The molecule has 1 unspecified atom stereocenters. The van der Waals surface area contributed by atoms with Crippen molar-refractivity contribution in [2.75, 3.05) is 7.05 Å². The molecule has 5 heteroatoms. The van der Waals surface area contributed by atoms with E-state index >= 15 is 0 Å². The minimum absolute atomic E-state index is 0.167. The smallest absolute Gasteiger partial charge is 0.261 e. The third-order valence-corrected chi connectivity index (χ3v) is 5.01. The fourth-order valence-corrected chi connectivity index (χ4v) is 3.61. The van der Waals surface area contributed by atoms with Gasteiger partial charge in [-0.2, -0.15) is 0 Å². The number of carbonyl (C=O) groups excluding carboxylic acids is 2. The van der Waals surface area contributed by atoms with Crippen LogP contribution in [0, 0.1) is 0 Å². The zero-order chi connectivity index (χ0) is 17.0. The van der Waals surface area contributed by atoms with Crippen LogP contribution in [0.25, 0.3) is 11.1 Å². The van der Waals surface area contributed by atoms with Crippen molar-refractivity contribution in [3.63, 3.8) is 0 Å². The van der Waals surface area contributed by atoms with Crippen LogP contribution < -0.4 is 4.74 Å². The number of ether oxygens (including phenoxy) is 1. The quantitative estimate of drug-likeness (QED) is 0.777. The van der Waals surface area contributed by atoms with Crippen LogP contribution in [-0.4, -0.2) is 29.9 Å². The maximum atomic E-state index is 12.2. The number of amides is 2. The van der Waals surface area contributed by atoms with Crippen LogP contribution >= 0.6 is 11.6 Å². The lowest BCUT2D eigenvalue weighted by molar-refractivity contribution is 0.0693. The van der Waals surface area contributed by atoms with Crippen molar-refractivity contribution in [3.05, 3.63) is 52.0 Å². The summed E-state index contributed by atoms with van der Waals surface area (Å²) in [7, 11) is 1.50. The van der Waals surface area contributed by atoms with E-state index in [9.17, 15) is 9.59 Å². The Kier molecular flexibility index (Phi) is 3.39. The van der Waals surface area contributed by atoms with Gasteiger partial charge in [0.05, 0.1) is 16.1 Å². The van der Waals surface area contributed by atoms with Crippen LogP contribution in [0.5, 0.6) is 5.75 Å². The molecule has 122 valence electrons. The number of nitrogens with zero attached hydrogens (tertiary/aromatic N) is 1. The van der Waals surface area contributed by atoms with E-state index in [0.29, 0.717) is 16.1 Å². The largest absolute Gasteiger partial charge is 0.488 e. The Morgan fingerprint density at radius 2 is 1.88 bits per heavy atom. The molecule has 0 fully saturated rings. The average Bonchev–Trinajstić information content (AvgIpc) is 3.11. The molecule has 2 aromatic rings. The van der Waals surface area contributed by atoms with Crippen LogP contribution in [0.4, 0.5) is 0 Å². The van der Waals surface area contributed by atoms with Crippen LogP contribution in [0.15, 0.2) is 30.3 Å². The highest BCUT2D eigenvalue weighted by molar-refractivity contribution is 6.32. The molecule has 0 spiro atoms. The second-order valence-electron chi connectivity index (χ2n) is 6.23. The molecule has 4 rings (SSSR count). The molecule has 0 aromatic heterocycles. The minimum atomic E-state index is -0.265. The molecule has 0 saturated carbocycles. The number of carbonyl (C=O) groups is 2. The number of imide groups is 1. The zero-order valence-electron chi connectivity index (χ0n) is 13.4. The van der Waals surface area contributed by atoms with Gasteiger partial charge in [0.25, 0.3) is 11.8 Å². The molecule has 0 saturated heterocycles. The molecule has 2 heterocycles. The van der Waals surface area contributed by atoms with Crippen LogP contribution in [-0.2, 0) is 6.42 Å². The Morgan fingerprint density at radius 3 is 2.62 bits per heavy atom. The molecule has 2 aliphatic heterocycles. The highest BCUT2D eigenvalue weighted by atomic mass is 35.5. The third-order valence-electron chi connectivity index (χ3n) is 4.73. The average molecular weight is 342 g/mol. The Balaban J connectivity index is 1.78. The molecule has 1 atom stereocenters. The summed E-state index contributed by atoms with van der Waals surface area (Å²) in [5, 5.41) is 0.582. The number of fused-ring (bicyclic) bond motifs is 2. The Bertz CT molecular complexity index is 890. The second-order valence-corrected chi connectivity index (χ2v) is 6.64. The van der Waals surface area contributed by atoms with E-state index in [-0.39, 0.29) is 17.9 Å².